The average Bonchev–Trinajstić information content (AvgIpc) is 2.82. The lowest BCUT2D eigenvalue weighted by Gasteiger charge is -2.31. The van der Waals surface area contributed by atoms with E-state index in [4.69, 9.17) is 9.47 Å². The fraction of sp³-hybridized carbons (Fsp3) is 0.481. The van der Waals surface area contributed by atoms with E-state index in [-0.39, 0.29) is 17.9 Å². The van der Waals surface area contributed by atoms with Gasteiger partial charge in [-0.1, -0.05) is 49.7 Å². The number of carbonyl (C=O) groups excluding carboxylic acids is 2. The third-order valence-corrected chi connectivity index (χ3v) is 6.06. The maximum absolute atomic E-state index is 13.4. The number of amides is 2. The Morgan fingerprint density at radius 3 is 2.45 bits per heavy atom. The molecule has 0 aliphatic carbocycles. The van der Waals surface area contributed by atoms with Gasteiger partial charge >= 0.3 is 0 Å². The molecule has 0 spiro atoms. The first kappa shape index (κ1) is 24.6. The second-order valence-electron chi connectivity index (χ2n) is 8.73. The van der Waals surface area contributed by atoms with E-state index in [1.165, 1.54) is 0 Å². The molecule has 1 aliphatic rings. The Hall–Kier alpha value is -3.02. The van der Waals surface area contributed by atoms with E-state index < -0.39 is 6.04 Å². The van der Waals surface area contributed by atoms with Crippen LogP contribution >= 0.6 is 0 Å². The van der Waals surface area contributed by atoms with Crippen molar-refractivity contribution in [3.63, 3.8) is 0 Å². The number of nitrogens with zero attached hydrogens (tertiary/aromatic N) is 1. The second kappa shape index (κ2) is 11.7. The molecule has 2 aromatic rings. The molecule has 0 bridgehead atoms. The lowest BCUT2D eigenvalue weighted by molar-refractivity contribution is -0.141. The molecule has 33 heavy (non-hydrogen) atoms. The van der Waals surface area contributed by atoms with Gasteiger partial charge in [-0.2, -0.15) is 0 Å². The summed E-state index contributed by atoms with van der Waals surface area (Å²) in [4.78, 5) is 28.2. The van der Waals surface area contributed by atoms with Crippen LogP contribution < -0.4 is 14.8 Å². The number of hydrogen-bond donors (Lipinski definition) is 1. The molecule has 0 radical (unpaired) electrons. The first-order chi connectivity index (χ1) is 15.9. The van der Waals surface area contributed by atoms with Gasteiger partial charge < -0.3 is 19.7 Å². The van der Waals surface area contributed by atoms with Crippen LogP contribution in [0.5, 0.6) is 11.5 Å². The van der Waals surface area contributed by atoms with Crippen LogP contribution in [0.25, 0.3) is 0 Å². The van der Waals surface area contributed by atoms with Crippen molar-refractivity contribution >= 4 is 11.8 Å². The fourth-order valence-electron chi connectivity index (χ4n) is 4.01. The molecule has 0 unspecified atom stereocenters. The van der Waals surface area contributed by atoms with Gasteiger partial charge in [0.05, 0.1) is 0 Å². The zero-order valence-corrected chi connectivity index (χ0v) is 20.2. The number of aryl methyl sites for hydroxylation is 2. The summed E-state index contributed by atoms with van der Waals surface area (Å²) >= 11 is 0. The smallest absolute Gasteiger partial charge is 0.243 e. The van der Waals surface area contributed by atoms with Crippen molar-refractivity contribution in [3.05, 3.63) is 59.2 Å². The highest BCUT2D eigenvalue weighted by atomic mass is 16.6. The molecule has 2 aromatic carbocycles. The normalized spacial score (nSPS) is 14.3. The summed E-state index contributed by atoms with van der Waals surface area (Å²) in [6.07, 6.45) is 2.30. The Balaban J connectivity index is 1.76. The molecule has 1 N–H and O–H groups in total. The van der Waals surface area contributed by atoms with Crippen molar-refractivity contribution in [2.45, 2.75) is 72.0 Å². The quantitative estimate of drug-likeness (QED) is 0.579. The molecule has 6 heteroatoms. The Labute approximate surface area is 197 Å². The summed E-state index contributed by atoms with van der Waals surface area (Å²) in [7, 11) is 0. The number of hydrogen-bond acceptors (Lipinski definition) is 4. The minimum Gasteiger partial charge on any atom is -0.486 e. The van der Waals surface area contributed by atoms with Gasteiger partial charge in [0.25, 0.3) is 0 Å². The van der Waals surface area contributed by atoms with E-state index in [9.17, 15) is 9.59 Å². The van der Waals surface area contributed by atoms with Gasteiger partial charge in [-0.3, -0.25) is 9.59 Å². The number of carbonyl (C=O) groups is 2. The third-order valence-electron chi connectivity index (χ3n) is 6.06. The van der Waals surface area contributed by atoms with E-state index in [1.54, 1.807) is 4.90 Å². The van der Waals surface area contributed by atoms with Gasteiger partial charge in [-0.05, 0) is 56.4 Å². The van der Waals surface area contributed by atoms with Crippen LogP contribution in [0.3, 0.4) is 0 Å². The monoisotopic (exact) mass is 452 g/mol. The maximum atomic E-state index is 13.4. The molecule has 3 rings (SSSR count). The Bertz CT molecular complexity index is 959. The fourth-order valence-corrected chi connectivity index (χ4v) is 4.01. The van der Waals surface area contributed by atoms with Crippen LogP contribution in [-0.2, 0) is 22.6 Å². The first-order valence-electron chi connectivity index (χ1n) is 11.9. The molecule has 0 fully saturated rings. The predicted molar refractivity (Wildman–Crippen MR) is 129 cm³/mol. The van der Waals surface area contributed by atoms with Gasteiger partial charge in [-0.25, -0.2) is 0 Å². The highest BCUT2D eigenvalue weighted by Gasteiger charge is 2.29. The molecule has 0 saturated heterocycles. The molecule has 0 saturated carbocycles. The average molecular weight is 453 g/mol. The van der Waals surface area contributed by atoms with Gasteiger partial charge in [0.15, 0.2) is 11.5 Å². The Kier molecular flexibility index (Phi) is 8.75. The standard InChI is InChI=1S/C27H36N2O4/c1-5-20(4)28-27(31)23(6-2)29(18-22-9-7-8-19(3)16-22)26(30)13-11-21-10-12-24-25(17-21)33-15-14-32-24/h7-10,12,16-17,20,23H,5-6,11,13-15,18H2,1-4H3,(H,28,31)/t20-,23+/m1/s1. The topological polar surface area (TPSA) is 67.9 Å². The largest absolute Gasteiger partial charge is 0.486 e. The summed E-state index contributed by atoms with van der Waals surface area (Å²) in [5.74, 6) is 1.34. The third kappa shape index (κ3) is 6.73. The molecule has 1 heterocycles. The van der Waals surface area contributed by atoms with Crippen molar-refractivity contribution in [2.75, 3.05) is 13.2 Å². The van der Waals surface area contributed by atoms with Crippen molar-refractivity contribution < 1.29 is 19.1 Å². The summed E-state index contributed by atoms with van der Waals surface area (Å²) in [6, 6.07) is 13.5. The highest BCUT2D eigenvalue weighted by molar-refractivity contribution is 5.88. The van der Waals surface area contributed by atoms with Crippen LogP contribution in [0, 0.1) is 6.92 Å². The van der Waals surface area contributed by atoms with Gasteiger partial charge in [0.2, 0.25) is 11.8 Å². The number of rotatable bonds is 10. The highest BCUT2D eigenvalue weighted by Crippen LogP contribution is 2.31. The minimum absolute atomic E-state index is 0.0300. The van der Waals surface area contributed by atoms with Crippen molar-refractivity contribution in [3.8, 4) is 11.5 Å². The van der Waals surface area contributed by atoms with E-state index in [0.717, 1.165) is 34.6 Å². The van der Waals surface area contributed by atoms with E-state index in [2.05, 4.69) is 11.4 Å². The van der Waals surface area contributed by atoms with Crippen LogP contribution in [-0.4, -0.2) is 42.0 Å². The van der Waals surface area contributed by atoms with E-state index in [1.807, 2.05) is 64.1 Å². The molecular weight excluding hydrogens is 416 g/mol. The zero-order valence-electron chi connectivity index (χ0n) is 20.2. The number of nitrogens with one attached hydrogen (secondary N) is 1. The van der Waals surface area contributed by atoms with E-state index >= 15 is 0 Å². The van der Waals surface area contributed by atoms with Crippen molar-refractivity contribution in [2.24, 2.45) is 0 Å². The molecule has 2 amide bonds. The van der Waals surface area contributed by atoms with Gasteiger partial charge in [0, 0.05) is 19.0 Å². The molecular formula is C27H36N2O4. The second-order valence-corrected chi connectivity index (χ2v) is 8.73. The lowest BCUT2D eigenvalue weighted by atomic mass is 10.0. The van der Waals surface area contributed by atoms with Crippen molar-refractivity contribution in [1.29, 1.82) is 0 Å². The lowest BCUT2D eigenvalue weighted by Crippen LogP contribution is -2.50. The van der Waals surface area contributed by atoms with Gasteiger partial charge in [-0.15, -0.1) is 0 Å². The van der Waals surface area contributed by atoms with Crippen LogP contribution in [0.1, 0.15) is 56.7 Å². The maximum Gasteiger partial charge on any atom is 0.243 e. The number of ether oxygens (including phenoxy) is 2. The van der Waals surface area contributed by atoms with Crippen molar-refractivity contribution in [1.82, 2.24) is 10.2 Å². The van der Waals surface area contributed by atoms with Crippen LogP contribution in [0.2, 0.25) is 0 Å². The van der Waals surface area contributed by atoms with Gasteiger partial charge in [0.1, 0.15) is 19.3 Å². The van der Waals surface area contributed by atoms with E-state index in [0.29, 0.717) is 39.0 Å². The molecule has 0 aromatic heterocycles. The molecule has 2 atom stereocenters. The number of benzene rings is 2. The predicted octanol–water partition coefficient (Wildman–Crippen LogP) is 4.42. The molecule has 178 valence electrons. The summed E-state index contributed by atoms with van der Waals surface area (Å²) in [5, 5.41) is 3.06. The summed E-state index contributed by atoms with van der Waals surface area (Å²) in [5.41, 5.74) is 3.17. The summed E-state index contributed by atoms with van der Waals surface area (Å²) < 4.78 is 11.3. The molecule has 6 nitrogen and oxygen atoms in total. The number of fused-ring (bicyclic) bond motifs is 1. The zero-order chi connectivity index (χ0) is 23.8. The minimum atomic E-state index is -0.507. The molecule has 1 aliphatic heterocycles. The van der Waals surface area contributed by atoms with Crippen LogP contribution in [0.15, 0.2) is 42.5 Å². The summed E-state index contributed by atoms with van der Waals surface area (Å²) in [6.45, 7) is 9.50. The Morgan fingerprint density at radius 1 is 1.00 bits per heavy atom. The SMILES string of the molecule is CC[C@@H](C)NC(=O)[C@H](CC)N(Cc1cccc(C)c1)C(=O)CCc1ccc2c(c1)OCCO2. The van der Waals surface area contributed by atoms with Crippen LogP contribution in [0.4, 0.5) is 0 Å². The Morgan fingerprint density at radius 2 is 1.76 bits per heavy atom. The first-order valence-corrected chi connectivity index (χ1v) is 11.9.